The van der Waals surface area contributed by atoms with Gasteiger partial charge < -0.3 is 5.48 Å². The van der Waals surface area contributed by atoms with Crippen molar-refractivity contribution in [1.29, 1.82) is 0 Å². The molecule has 0 rings (SSSR count). The number of hydrogen-bond acceptors (Lipinski definition) is 2. The average Bonchev–Trinajstić information content (AvgIpc) is 1.80. The van der Waals surface area contributed by atoms with Crippen molar-refractivity contribution in [2.45, 2.75) is 11.9 Å². The molecule has 2 N–H and O–H groups in total. The molecule has 0 bridgehead atoms. The Kier molecular flexibility index (Phi) is 6.39. The molecule has 0 aromatic rings. The first-order chi connectivity index (χ1) is 4.84. The van der Waals surface area contributed by atoms with Gasteiger partial charge in [0.15, 0.2) is 0 Å². The largest absolute Gasteiger partial charge is 0.497 e. The minimum atomic E-state index is -5.09. The lowest BCUT2D eigenvalue weighted by Crippen LogP contribution is -2.20. The normalized spacial score (nSPS) is 14.2. The molecular weight excluding hydrogens is 211 g/mol. The minimum Gasteiger partial charge on any atom is -0.412 e. The van der Waals surface area contributed by atoms with Crippen molar-refractivity contribution in [2.75, 3.05) is 6.61 Å². The number of rotatable bonds is 3. The van der Waals surface area contributed by atoms with Crippen LogP contribution in [0.4, 0.5) is 22.0 Å². The van der Waals surface area contributed by atoms with Crippen LogP contribution < -0.4 is 0 Å². The molecule has 12 heavy (non-hydrogen) atoms. The Morgan fingerprint density at radius 2 is 1.75 bits per heavy atom. The summed E-state index contributed by atoms with van der Waals surface area (Å²) in [5.41, 5.74) is -5.09. The summed E-state index contributed by atoms with van der Waals surface area (Å²) in [4.78, 5) is 0. The zero-order valence-corrected chi connectivity index (χ0v) is 6.22. The van der Waals surface area contributed by atoms with E-state index in [-0.39, 0.29) is 5.48 Å². The quantitative estimate of drug-likeness (QED) is 0.649. The third-order valence-electron chi connectivity index (χ3n) is 0.490. The molecule has 0 saturated carbocycles. The fourth-order valence-corrected chi connectivity index (χ4v) is 0.540. The highest BCUT2D eigenvalue weighted by atomic mass is 32.2. The van der Waals surface area contributed by atoms with E-state index >= 15 is 0 Å². The molecule has 0 fully saturated rings. The van der Waals surface area contributed by atoms with Crippen LogP contribution in [-0.4, -0.2) is 28.2 Å². The molecule has 0 amide bonds. The summed E-state index contributed by atoms with van der Waals surface area (Å²) >= 11 is -3.64. The first-order valence-corrected chi connectivity index (χ1v) is 3.31. The van der Waals surface area contributed by atoms with Crippen molar-refractivity contribution in [1.82, 2.24) is 0 Å². The smallest absolute Gasteiger partial charge is 0.412 e. The van der Waals surface area contributed by atoms with Crippen molar-refractivity contribution >= 4 is 11.1 Å². The summed E-state index contributed by atoms with van der Waals surface area (Å²) in [6.07, 6.45) is -3.05. The van der Waals surface area contributed by atoms with E-state index in [9.17, 15) is 26.2 Å². The Hall–Kier alpha value is -0.280. The van der Waals surface area contributed by atoms with Gasteiger partial charge in [-0.15, -0.1) is 0 Å². The van der Waals surface area contributed by atoms with Crippen molar-refractivity contribution in [3.05, 3.63) is 0 Å². The molecule has 0 radical (unpaired) electrons. The number of hydrogen-bond donors (Lipinski definition) is 0. The van der Waals surface area contributed by atoms with Gasteiger partial charge in [0.2, 0.25) is 0 Å². The van der Waals surface area contributed by atoms with Gasteiger partial charge in [0.05, 0.1) is 0 Å². The monoisotopic (exact) mass is 216 g/mol. The second-order valence-electron chi connectivity index (χ2n) is 1.36. The lowest BCUT2D eigenvalue weighted by molar-refractivity contribution is -0.0499. The molecule has 0 aromatic heterocycles. The fraction of sp³-hybridized carbons (Fsp3) is 1.00. The highest BCUT2D eigenvalue weighted by Crippen LogP contribution is 2.20. The van der Waals surface area contributed by atoms with Crippen molar-refractivity contribution in [2.24, 2.45) is 0 Å². The standard InChI is InChI=1S/C3H3F5O2S.H2O/c4-2(5)1-10-11(9)3(6,7)8;/h2H,1H2;1H2. The average molecular weight is 216 g/mol. The topological polar surface area (TPSA) is 57.8 Å². The van der Waals surface area contributed by atoms with Crippen LogP contribution in [-0.2, 0) is 15.3 Å². The predicted octanol–water partition coefficient (Wildman–Crippen LogP) is 0.627. The van der Waals surface area contributed by atoms with Gasteiger partial charge in [0.25, 0.3) is 17.5 Å². The van der Waals surface area contributed by atoms with E-state index in [0.29, 0.717) is 0 Å². The van der Waals surface area contributed by atoms with Crippen LogP contribution in [0.1, 0.15) is 0 Å². The van der Waals surface area contributed by atoms with E-state index in [0.717, 1.165) is 0 Å². The third kappa shape index (κ3) is 6.43. The fourth-order valence-electron chi connectivity index (χ4n) is 0.180. The summed E-state index contributed by atoms with van der Waals surface area (Å²) in [7, 11) is 0. The van der Waals surface area contributed by atoms with Crippen LogP contribution in [0.2, 0.25) is 0 Å². The predicted molar refractivity (Wildman–Crippen MR) is 29.8 cm³/mol. The van der Waals surface area contributed by atoms with Gasteiger partial charge in [0, 0.05) is 0 Å². The molecule has 0 aromatic carbocycles. The van der Waals surface area contributed by atoms with Crippen LogP contribution in [0.3, 0.4) is 0 Å². The summed E-state index contributed by atoms with van der Waals surface area (Å²) in [5.74, 6) is 0. The van der Waals surface area contributed by atoms with Crippen LogP contribution in [0.25, 0.3) is 0 Å². The second-order valence-corrected chi connectivity index (χ2v) is 2.52. The van der Waals surface area contributed by atoms with Crippen LogP contribution in [0.15, 0.2) is 0 Å². The van der Waals surface area contributed by atoms with E-state index in [4.69, 9.17) is 0 Å². The molecule has 0 heterocycles. The summed E-state index contributed by atoms with van der Waals surface area (Å²) in [5, 5.41) is 0. The lowest BCUT2D eigenvalue weighted by Gasteiger charge is -2.04. The number of halogens is 5. The zero-order valence-electron chi connectivity index (χ0n) is 5.40. The van der Waals surface area contributed by atoms with Gasteiger partial charge >= 0.3 is 5.51 Å². The van der Waals surface area contributed by atoms with E-state index in [1.165, 1.54) is 0 Å². The van der Waals surface area contributed by atoms with E-state index in [1.54, 1.807) is 0 Å². The van der Waals surface area contributed by atoms with E-state index in [2.05, 4.69) is 4.18 Å². The maximum absolute atomic E-state index is 11.2. The number of alkyl halides is 5. The first kappa shape index (κ1) is 14.3. The summed E-state index contributed by atoms with van der Waals surface area (Å²) < 4.78 is 69.1. The molecular formula is C3H5F5O3S. The lowest BCUT2D eigenvalue weighted by atomic mass is 10.8. The Balaban J connectivity index is 0. The molecule has 0 spiro atoms. The SMILES string of the molecule is O.O=S(OCC(F)F)C(F)(F)F. The molecule has 76 valence electrons. The molecule has 3 nitrogen and oxygen atoms in total. The van der Waals surface area contributed by atoms with Crippen LogP contribution in [0.5, 0.6) is 0 Å². The van der Waals surface area contributed by atoms with Gasteiger partial charge in [-0.3, -0.25) is 4.18 Å². The molecule has 0 aliphatic carbocycles. The van der Waals surface area contributed by atoms with Gasteiger partial charge in [0.1, 0.15) is 6.61 Å². The third-order valence-corrected chi connectivity index (χ3v) is 1.22. The molecule has 0 aliphatic heterocycles. The maximum Gasteiger partial charge on any atom is 0.497 e. The Bertz CT molecular complexity index is 145. The van der Waals surface area contributed by atoms with E-state index < -0.39 is 29.6 Å². The Morgan fingerprint density at radius 3 is 2.00 bits per heavy atom. The first-order valence-electron chi connectivity index (χ1n) is 2.24. The van der Waals surface area contributed by atoms with Crippen LogP contribution >= 0.6 is 0 Å². The highest BCUT2D eigenvalue weighted by molar-refractivity contribution is 7.81. The Labute approximate surface area is 66.5 Å². The maximum atomic E-state index is 11.2. The summed E-state index contributed by atoms with van der Waals surface area (Å²) in [6.45, 7) is -1.48. The highest BCUT2D eigenvalue weighted by Gasteiger charge is 2.39. The van der Waals surface area contributed by atoms with Gasteiger partial charge in [-0.05, 0) is 0 Å². The van der Waals surface area contributed by atoms with Gasteiger partial charge in [-0.2, -0.15) is 13.2 Å². The van der Waals surface area contributed by atoms with Crippen molar-refractivity contribution < 1.29 is 35.8 Å². The van der Waals surface area contributed by atoms with Crippen molar-refractivity contribution in [3.8, 4) is 0 Å². The van der Waals surface area contributed by atoms with E-state index in [1.807, 2.05) is 0 Å². The molecule has 9 heteroatoms. The van der Waals surface area contributed by atoms with Gasteiger partial charge in [-0.25, -0.2) is 13.0 Å². The second kappa shape index (κ2) is 5.38. The molecule has 1 atom stereocenters. The van der Waals surface area contributed by atoms with Gasteiger partial charge in [-0.1, -0.05) is 0 Å². The molecule has 0 saturated heterocycles. The minimum absolute atomic E-state index is 0. The van der Waals surface area contributed by atoms with Crippen LogP contribution in [0, 0.1) is 0 Å². The molecule has 0 aliphatic rings. The summed E-state index contributed by atoms with van der Waals surface area (Å²) in [6, 6.07) is 0. The molecule has 1 unspecified atom stereocenters. The van der Waals surface area contributed by atoms with Crippen molar-refractivity contribution in [3.63, 3.8) is 0 Å². The Morgan fingerprint density at radius 1 is 1.33 bits per heavy atom. The zero-order chi connectivity index (χ0) is 9.07.